The quantitative estimate of drug-likeness (QED) is 0.561. The molecule has 0 radical (unpaired) electrons. The van der Waals surface area contributed by atoms with Gasteiger partial charge in [0.1, 0.15) is 0 Å². The van der Waals surface area contributed by atoms with Gasteiger partial charge >= 0.3 is 0 Å². The molecule has 4 heterocycles. The predicted molar refractivity (Wildman–Crippen MR) is 145 cm³/mol. The lowest BCUT2D eigenvalue weighted by Crippen LogP contribution is -2.63. The van der Waals surface area contributed by atoms with Gasteiger partial charge in [0.2, 0.25) is 23.6 Å². The molecule has 0 spiro atoms. The van der Waals surface area contributed by atoms with Gasteiger partial charge in [0.15, 0.2) is 0 Å². The van der Waals surface area contributed by atoms with Crippen LogP contribution in [0.2, 0.25) is 0 Å². The molecule has 1 N–H and O–H groups in total. The fourth-order valence-electron chi connectivity index (χ4n) is 7.34. The standard InChI is InChI=1S/C15H26N2O2.C14H24N2O2/c1-10-7-12(18)17(13(10)19)11-8-14(2,3)16(6)15(4,5)9-11;1-9-6-11(17)16(12(9)18)10-7-13(2,3)15-14(4,5)8-10/h10-11H,7-9H2,1-6H3;9-10,15H,6-8H2,1-5H3. The first kappa shape index (κ1) is 29.8. The summed E-state index contributed by atoms with van der Waals surface area (Å²) in [6.07, 6.45) is 4.14. The zero-order chi connectivity index (χ0) is 28.3. The van der Waals surface area contributed by atoms with Gasteiger partial charge in [0.25, 0.3) is 0 Å². The average Bonchev–Trinajstić information content (AvgIpc) is 3.10. The molecule has 4 saturated heterocycles. The zero-order valence-corrected chi connectivity index (χ0v) is 25.0. The number of nitrogens with one attached hydrogen (secondary N) is 1. The fourth-order valence-corrected chi connectivity index (χ4v) is 7.34. The van der Waals surface area contributed by atoms with Crippen LogP contribution in [0.15, 0.2) is 0 Å². The minimum Gasteiger partial charge on any atom is -0.307 e. The van der Waals surface area contributed by atoms with Crippen molar-refractivity contribution in [2.75, 3.05) is 7.05 Å². The molecule has 0 saturated carbocycles. The van der Waals surface area contributed by atoms with Crippen molar-refractivity contribution in [1.82, 2.24) is 20.0 Å². The normalized spacial score (nSPS) is 32.1. The molecule has 4 aliphatic heterocycles. The Hall–Kier alpha value is -1.80. The van der Waals surface area contributed by atoms with Crippen LogP contribution in [-0.4, -0.2) is 79.6 Å². The highest BCUT2D eigenvalue weighted by Crippen LogP contribution is 2.40. The number of imide groups is 2. The molecule has 0 aromatic carbocycles. The Labute approximate surface area is 223 Å². The zero-order valence-electron chi connectivity index (χ0n) is 25.0. The van der Waals surface area contributed by atoms with Crippen LogP contribution in [0, 0.1) is 11.8 Å². The predicted octanol–water partition coefficient (Wildman–Crippen LogP) is 3.72. The van der Waals surface area contributed by atoms with E-state index in [2.05, 4.69) is 72.7 Å². The van der Waals surface area contributed by atoms with E-state index in [0.29, 0.717) is 12.8 Å². The number of hydrogen-bond donors (Lipinski definition) is 1. The van der Waals surface area contributed by atoms with E-state index in [1.54, 1.807) is 4.90 Å². The van der Waals surface area contributed by atoms with Crippen molar-refractivity contribution in [3.63, 3.8) is 0 Å². The molecule has 37 heavy (non-hydrogen) atoms. The van der Waals surface area contributed by atoms with E-state index in [9.17, 15) is 19.2 Å². The van der Waals surface area contributed by atoms with Crippen molar-refractivity contribution < 1.29 is 19.2 Å². The molecule has 4 aliphatic rings. The van der Waals surface area contributed by atoms with Crippen LogP contribution in [-0.2, 0) is 19.2 Å². The Bertz CT molecular complexity index is 920. The summed E-state index contributed by atoms with van der Waals surface area (Å²) in [5.41, 5.74) is -0.0881. The molecular weight excluding hydrogens is 468 g/mol. The van der Waals surface area contributed by atoms with E-state index in [4.69, 9.17) is 0 Å². The molecule has 4 amide bonds. The number of amides is 4. The number of nitrogens with zero attached hydrogens (tertiary/aromatic N) is 3. The number of rotatable bonds is 2. The van der Waals surface area contributed by atoms with Crippen LogP contribution in [0.1, 0.15) is 108 Å². The number of piperidine rings is 2. The van der Waals surface area contributed by atoms with Crippen molar-refractivity contribution in [3.8, 4) is 0 Å². The summed E-state index contributed by atoms with van der Waals surface area (Å²) in [4.78, 5) is 53.9. The van der Waals surface area contributed by atoms with Gasteiger partial charge in [-0.1, -0.05) is 13.8 Å². The van der Waals surface area contributed by atoms with Crippen LogP contribution in [0.3, 0.4) is 0 Å². The average molecular weight is 519 g/mol. The van der Waals surface area contributed by atoms with Gasteiger partial charge in [-0.3, -0.25) is 33.9 Å². The van der Waals surface area contributed by atoms with Crippen molar-refractivity contribution in [3.05, 3.63) is 0 Å². The van der Waals surface area contributed by atoms with E-state index >= 15 is 0 Å². The molecule has 0 aromatic rings. The molecule has 2 unspecified atom stereocenters. The summed E-state index contributed by atoms with van der Waals surface area (Å²) < 4.78 is 0. The third-order valence-corrected chi connectivity index (χ3v) is 9.00. The summed E-state index contributed by atoms with van der Waals surface area (Å²) in [6.45, 7) is 21.0. The van der Waals surface area contributed by atoms with Crippen molar-refractivity contribution >= 4 is 23.6 Å². The van der Waals surface area contributed by atoms with Crippen LogP contribution in [0.25, 0.3) is 0 Å². The summed E-state index contributed by atoms with van der Waals surface area (Å²) in [5, 5.41) is 3.58. The number of carbonyl (C=O) groups is 4. The van der Waals surface area contributed by atoms with Crippen LogP contribution < -0.4 is 5.32 Å². The molecule has 8 nitrogen and oxygen atoms in total. The molecule has 0 aliphatic carbocycles. The van der Waals surface area contributed by atoms with Gasteiger partial charge in [0.05, 0.1) is 0 Å². The van der Waals surface area contributed by atoms with E-state index in [-0.39, 0.29) is 69.7 Å². The number of likely N-dealkylation sites (tertiary alicyclic amines) is 3. The highest BCUT2D eigenvalue weighted by molar-refractivity contribution is 6.04. The maximum Gasteiger partial charge on any atom is 0.232 e. The first-order chi connectivity index (χ1) is 16.7. The largest absolute Gasteiger partial charge is 0.307 e. The summed E-state index contributed by atoms with van der Waals surface area (Å²) in [5.74, 6) is -0.230. The molecule has 8 heteroatoms. The molecule has 0 bridgehead atoms. The Morgan fingerprint density at radius 2 is 0.946 bits per heavy atom. The van der Waals surface area contributed by atoms with Gasteiger partial charge in [-0.2, -0.15) is 0 Å². The Kier molecular flexibility index (Phi) is 7.83. The lowest BCUT2D eigenvalue weighted by atomic mass is 9.77. The van der Waals surface area contributed by atoms with E-state index in [1.165, 1.54) is 4.90 Å². The van der Waals surface area contributed by atoms with Crippen molar-refractivity contribution in [2.45, 2.75) is 142 Å². The van der Waals surface area contributed by atoms with Crippen molar-refractivity contribution in [2.24, 2.45) is 11.8 Å². The second kappa shape index (κ2) is 9.74. The molecule has 4 fully saturated rings. The third-order valence-electron chi connectivity index (χ3n) is 9.00. The Morgan fingerprint density at radius 3 is 1.24 bits per heavy atom. The minimum atomic E-state index is -0.140. The highest BCUT2D eigenvalue weighted by Gasteiger charge is 2.50. The SMILES string of the molecule is CC1CC(=O)N(C2CC(C)(C)N(C)C(C)(C)C2)C1=O.CC1CC(=O)N(C2CC(C)(C)NC(C)(C)C2)C1=O. The molecular formula is C29H50N4O4. The Morgan fingerprint density at radius 1 is 0.622 bits per heavy atom. The van der Waals surface area contributed by atoms with Crippen molar-refractivity contribution in [1.29, 1.82) is 0 Å². The summed E-state index contributed by atoms with van der Waals surface area (Å²) >= 11 is 0. The molecule has 210 valence electrons. The van der Waals surface area contributed by atoms with Crippen LogP contribution in [0.5, 0.6) is 0 Å². The second-order valence-electron chi connectivity index (χ2n) is 14.6. The lowest BCUT2D eigenvalue weighted by molar-refractivity contribution is -0.147. The Balaban J connectivity index is 0.000000206. The van der Waals surface area contributed by atoms with E-state index in [0.717, 1.165) is 25.7 Å². The first-order valence-electron chi connectivity index (χ1n) is 13.9. The smallest absolute Gasteiger partial charge is 0.232 e. The summed E-state index contributed by atoms with van der Waals surface area (Å²) in [6, 6.07) is 0.0901. The van der Waals surface area contributed by atoms with Gasteiger partial charge in [0, 0.05) is 58.9 Å². The van der Waals surface area contributed by atoms with E-state index < -0.39 is 0 Å². The third kappa shape index (κ3) is 6.11. The summed E-state index contributed by atoms with van der Waals surface area (Å²) in [7, 11) is 2.13. The van der Waals surface area contributed by atoms with Gasteiger partial charge in [-0.05, 0) is 88.1 Å². The molecule has 0 aromatic heterocycles. The number of hydrogen-bond acceptors (Lipinski definition) is 6. The highest BCUT2D eigenvalue weighted by atomic mass is 16.2. The number of carbonyl (C=O) groups excluding carboxylic acids is 4. The topological polar surface area (TPSA) is 90.0 Å². The van der Waals surface area contributed by atoms with E-state index in [1.807, 2.05) is 13.8 Å². The minimum absolute atomic E-state index is 0.00119. The van der Waals surface area contributed by atoms with Gasteiger partial charge < -0.3 is 5.32 Å². The maximum absolute atomic E-state index is 12.2. The second-order valence-corrected chi connectivity index (χ2v) is 14.6. The molecule has 4 rings (SSSR count). The molecule has 2 atom stereocenters. The fraction of sp³-hybridized carbons (Fsp3) is 0.862. The van der Waals surface area contributed by atoms with Gasteiger partial charge in [-0.25, -0.2) is 0 Å². The maximum atomic E-state index is 12.2. The van der Waals surface area contributed by atoms with Gasteiger partial charge in [-0.15, -0.1) is 0 Å². The van der Waals surface area contributed by atoms with Crippen LogP contribution >= 0.6 is 0 Å². The monoisotopic (exact) mass is 518 g/mol. The van der Waals surface area contributed by atoms with Crippen LogP contribution in [0.4, 0.5) is 0 Å². The first-order valence-corrected chi connectivity index (χ1v) is 13.9. The lowest BCUT2D eigenvalue weighted by Gasteiger charge is -2.54.